The Hall–Kier alpha value is -3.25. The van der Waals surface area contributed by atoms with Crippen LogP contribution in [0.4, 0.5) is 4.39 Å². The molecule has 3 aromatic carbocycles. The fourth-order valence-corrected chi connectivity index (χ4v) is 6.16. The Labute approximate surface area is 249 Å². The molecule has 1 N–H and O–H groups in total. The van der Waals surface area contributed by atoms with Crippen molar-refractivity contribution in [1.29, 1.82) is 0 Å². The Balaban J connectivity index is 0.00000220. The molecule has 1 unspecified atom stereocenters. The number of carbonyl (C=O) groups is 2. The number of hydrogen-bond donors (Lipinski definition) is 1. The summed E-state index contributed by atoms with van der Waals surface area (Å²) in [5.74, 6) is 4.05. The summed E-state index contributed by atoms with van der Waals surface area (Å²) < 4.78 is 13.2. The van der Waals surface area contributed by atoms with Crippen LogP contribution in [0.2, 0.25) is 0 Å². The van der Waals surface area contributed by atoms with E-state index in [4.69, 9.17) is 0 Å². The van der Waals surface area contributed by atoms with Crippen molar-refractivity contribution in [2.75, 3.05) is 13.6 Å². The molecule has 1 amide bonds. The summed E-state index contributed by atoms with van der Waals surface area (Å²) in [7, 11) is 1.96. The van der Waals surface area contributed by atoms with Crippen molar-refractivity contribution in [3.8, 4) is 11.8 Å². The van der Waals surface area contributed by atoms with Gasteiger partial charge in [-0.2, -0.15) is 27.0 Å². The smallest absolute Gasteiger partial charge is 0.326 e. The van der Waals surface area contributed by atoms with Gasteiger partial charge in [-0.05, 0) is 61.7 Å². The summed E-state index contributed by atoms with van der Waals surface area (Å²) in [5, 5.41) is 10.4. The zero-order valence-electron chi connectivity index (χ0n) is 22.3. The number of rotatable bonds is 6. The number of aliphatic carboxylic acids is 1. The SMILES string of the molecule is CN(CC#Cc1ccc(F)cc1)C1C[C@@H]2CC[C@H]1[C@@H](C(=O)O)N2C(=O)C(c1ccccc1)c1ccccc1.S.S. The molecule has 2 bridgehead atoms. The highest BCUT2D eigenvalue weighted by Crippen LogP contribution is 2.44. The van der Waals surface area contributed by atoms with Gasteiger partial charge in [-0.25, -0.2) is 9.18 Å². The molecule has 0 spiro atoms. The van der Waals surface area contributed by atoms with Crippen LogP contribution in [0.3, 0.4) is 0 Å². The van der Waals surface area contributed by atoms with Gasteiger partial charge in [0.15, 0.2) is 0 Å². The second-order valence-electron chi connectivity index (χ2n) is 10.2. The monoisotopic (exact) mass is 578 g/mol. The summed E-state index contributed by atoms with van der Waals surface area (Å²) in [6, 6.07) is 24.2. The van der Waals surface area contributed by atoms with Gasteiger partial charge in [0.25, 0.3) is 0 Å². The highest BCUT2D eigenvalue weighted by atomic mass is 32.1. The Kier molecular flexibility index (Phi) is 10.9. The van der Waals surface area contributed by atoms with E-state index in [1.165, 1.54) is 12.1 Å². The van der Waals surface area contributed by atoms with E-state index in [-0.39, 0.29) is 56.7 Å². The fourth-order valence-electron chi connectivity index (χ4n) is 6.16. The van der Waals surface area contributed by atoms with E-state index in [0.29, 0.717) is 13.0 Å². The molecular formula is C32H35FN2O3S2. The molecule has 1 saturated carbocycles. The minimum absolute atomic E-state index is 0. The number of carbonyl (C=O) groups excluding carboxylic acids is 1. The van der Waals surface area contributed by atoms with Crippen LogP contribution in [-0.4, -0.2) is 58.5 Å². The standard InChI is InChI=1S/C32H31FN2O3.2H2S/c1-34(20-8-9-22-14-16-25(33)17-15-22)28-21-26-18-19-27(28)30(32(37)38)35(26)31(36)29(23-10-4-2-5-11-23)24-12-6-3-7-13-24;;/h2-7,10-17,26-30H,18-21H2,1H3,(H,37,38);2*1H2/t26-,27+,28?,30-;;/m0../s1. The van der Waals surface area contributed by atoms with Gasteiger partial charge in [-0.1, -0.05) is 72.5 Å². The number of hydrogen-bond acceptors (Lipinski definition) is 3. The Morgan fingerprint density at radius 3 is 2.08 bits per heavy atom. The largest absolute Gasteiger partial charge is 0.480 e. The number of fused-ring (bicyclic) bond motifs is 3. The van der Waals surface area contributed by atoms with Gasteiger partial charge in [-0.3, -0.25) is 9.69 Å². The number of piperidine rings is 2. The van der Waals surface area contributed by atoms with Crippen molar-refractivity contribution in [2.24, 2.45) is 5.92 Å². The maximum absolute atomic E-state index is 14.2. The number of carboxylic acid groups (broad SMARTS) is 1. The zero-order valence-corrected chi connectivity index (χ0v) is 24.3. The van der Waals surface area contributed by atoms with Gasteiger partial charge >= 0.3 is 5.97 Å². The van der Waals surface area contributed by atoms with Crippen molar-refractivity contribution in [3.05, 3.63) is 107 Å². The first kappa shape index (κ1) is 31.3. The van der Waals surface area contributed by atoms with Crippen molar-refractivity contribution in [2.45, 2.75) is 43.3 Å². The molecule has 40 heavy (non-hydrogen) atoms. The van der Waals surface area contributed by atoms with Gasteiger partial charge in [0.1, 0.15) is 11.9 Å². The third kappa shape index (κ3) is 6.55. The summed E-state index contributed by atoms with van der Waals surface area (Å²) >= 11 is 0. The summed E-state index contributed by atoms with van der Waals surface area (Å²) in [6.45, 7) is 0.461. The molecule has 2 saturated heterocycles. The highest BCUT2D eigenvalue weighted by Gasteiger charge is 2.54. The van der Waals surface area contributed by atoms with Crippen LogP contribution in [0.1, 0.15) is 41.9 Å². The minimum atomic E-state index is -0.955. The molecule has 0 aromatic heterocycles. The molecule has 3 fully saturated rings. The Bertz CT molecular complexity index is 1310. The number of halogens is 1. The van der Waals surface area contributed by atoms with E-state index in [0.717, 1.165) is 29.5 Å². The zero-order chi connectivity index (χ0) is 26.6. The molecule has 8 heteroatoms. The average molecular weight is 579 g/mol. The predicted molar refractivity (Wildman–Crippen MR) is 165 cm³/mol. The molecule has 3 aliphatic rings. The van der Waals surface area contributed by atoms with E-state index in [1.807, 2.05) is 67.7 Å². The predicted octanol–water partition coefficient (Wildman–Crippen LogP) is 5.00. The highest BCUT2D eigenvalue weighted by molar-refractivity contribution is 7.59. The van der Waals surface area contributed by atoms with E-state index < -0.39 is 17.9 Å². The van der Waals surface area contributed by atoms with Crippen LogP contribution in [0.25, 0.3) is 0 Å². The van der Waals surface area contributed by atoms with Crippen molar-refractivity contribution in [3.63, 3.8) is 0 Å². The van der Waals surface area contributed by atoms with Crippen LogP contribution in [0.15, 0.2) is 84.9 Å². The maximum atomic E-state index is 14.2. The lowest BCUT2D eigenvalue weighted by molar-refractivity contribution is -0.168. The van der Waals surface area contributed by atoms with Crippen molar-refractivity contribution < 1.29 is 19.1 Å². The normalized spacial score (nSPS) is 21.1. The average Bonchev–Trinajstić information content (AvgIpc) is 2.95. The summed E-state index contributed by atoms with van der Waals surface area (Å²) in [5.41, 5.74) is 2.45. The minimum Gasteiger partial charge on any atom is -0.480 e. The molecule has 3 aromatic rings. The summed E-state index contributed by atoms with van der Waals surface area (Å²) in [4.78, 5) is 30.7. The van der Waals surface area contributed by atoms with Crippen molar-refractivity contribution >= 4 is 38.9 Å². The van der Waals surface area contributed by atoms with Gasteiger partial charge < -0.3 is 10.0 Å². The van der Waals surface area contributed by atoms with Crippen LogP contribution in [0, 0.1) is 23.6 Å². The molecule has 6 rings (SSSR count). The second kappa shape index (κ2) is 13.9. The van der Waals surface area contributed by atoms with Gasteiger partial charge in [0, 0.05) is 23.6 Å². The first-order chi connectivity index (χ1) is 18.4. The van der Waals surface area contributed by atoms with Crippen LogP contribution < -0.4 is 0 Å². The molecular weight excluding hydrogens is 543 g/mol. The quantitative estimate of drug-likeness (QED) is 0.419. The van der Waals surface area contributed by atoms with E-state index in [2.05, 4.69) is 16.7 Å². The topological polar surface area (TPSA) is 60.9 Å². The van der Waals surface area contributed by atoms with Gasteiger partial charge in [0.05, 0.1) is 12.5 Å². The first-order valence-electron chi connectivity index (χ1n) is 13.0. The lowest BCUT2D eigenvalue weighted by Crippen LogP contribution is -2.67. The second-order valence-corrected chi connectivity index (χ2v) is 10.2. The molecule has 5 nitrogen and oxygen atoms in total. The molecule has 2 heterocycles. The molecule has 4 atom stereocenters. The molecule has 0 radical (unpaired) electrons. The molecule has 1 aliphatic carbocycles. The Morgan fingerprint density at radius 2 is 1.52 bits per heavy atom. The van der Waals surface area contributed by atoms with Gasteiger partial charge in [-0.15, -0.1) is 0 Å². The van der Waals surface area contributed by atoms with E-state index in [9.17, 15) is 19.1 Å². The van der Waals surface area contributed by atoms with Crippen molar-refractivity contribution in [1.82, 2.24) is 9.80 Å². The molecule has 2 aliphatic heterocycles. The fraction of sp³-hybridized carbons (Fsp3) is 0.312. The lowest BCUT2D eigenvalue weighted by atomic mass is 9.70. The first-order valence-corrected chi connectivity index (χ1v) is 13.0. The maximum Gasteiger partial charge on any atom is 0.326 e. The number of nitrogens with zero attached hydrogens (tertiary/aromatic N) is 2. The van der Waals surface area contributed by atoms with E-state index >= 15 is 0 Å². The van der Waals surface area contributed by atoms with Crippen LogP contribution >= 0.6 is 27.0 Å². The van der Waals surface area contributed by atoms with Crippen LogP contribution in [-0.2, 0) is 9.59 Å². The summed E-state index contributed by atoms with van der Waals surface area (Å²) in [6.07, 6.45) is 2.26. The third-order valence-electron chi connectivity index (χ3n) is 7.93. The Morgan fingerprint density at radius 1 is 0.950 bits per heavy atom. The van der Waals surface area contributed by atoms with Gasteiger partial charge in [0.2, 0.25) is 5.91 Å². The van der Waals surface area contributed by atoms with E-state index in [1.54, 1.807) is 17.0 Å². The number of carboxylic acids is 1. The lowest BCUT2D eigenvalue weighted by Gasteiger charge is -2.55. The number of benzene rings is 3. The number of amides is 1. The van der Waals surface area contributed by atoms with Crippen LogP contribution in [0.5, 0.6) is 0 Å². The third-order valence-corrected chi connectivity index (χ3v) is 7.93. The molecule has 210 valence electrons.